The van der Waals surface area contributed by atoms with Gasteiger partial charge in [0.15, 0.2) is 0 Å². The Kier molecular flexibility index (Phi) is 3.80. The fraction of sp³-hybridized carbons (Fsp3) is 0.333. The molecule has 1 aromatic rings. The molecule has 16 heavy (non-hydrogen) atoms. The van der Waals surface area contributed by atoms with Crippen molar-refractivity contribution in [3.05, 3.63) is 22.2 Å². The molecule has 0 aromatic heterocycles. The maximum atomic E-state index is 11.7. The molecule has 1 rings (SSSR count). The number of methoxy groups -OCH3 is 1. The van der Waals surface area contributed by atoms with E-state index in [1.54, 1.807) is 24.7 Å². The fourth-order valence-corrected chi connectivity index (χ4v) is 2.69. The third-order valence-corrected chi connectivity index (χ3v) is 4.17. The van der Waals surface area contributed by atoms with Crippen molar-refractivity contribution < 1.29 is 13.2 Å². The lowest BCUT2D eigenvalue weighted by Crippen LogP contribution is -2.31. The standard InChI is InChI=1S/C9H13ClN2O3S/c1-5-4-7(15-3)9(6(2)8(5)10)16(13,14)12-11/h4,12H,11H2,1-3H3. The van der Waals surface area contributed by atoms with Gasteiger partial charge >= 0.3 is 0 Å². The van der Waals surface area contributed by atoms with Crippen molar-refractivity contribution in [1.82, 2.24) is 4.83 Å². The van der Waals surface area contributed by atoms with E-state index in [0.717, 1.165) is 5.56 Å². The highest BCUT2D eigenvalue weighted by Gasteiger charge is 2.23. The summed E-state index contributed by atoms with van der Waals surface area (Å²) in [6, 6.07) is 1.56. The molecule has 0 aliphatic heterocycles. The van der Waals surface area contributed by atoms with E-state index in [9.17, 15) is 8.42 Å². The van der Waals surface area contributed by atoms with Crippen molar-refractivity contribution in [2.75, 3.05) is 7.11 Å². The van der Waals surface area contributed by atoms with Crippen LogP contribution in [0.25, 0.3) is 0 Å². The number of benzene rings is 1. The number of ether oxygens (including phenoxy) is 1. The maximum Gasteiger partial charge on any atom is 0.257 e. The van der Waals surface area contributed by atoms with E-state index < -0.39 is 10.0 Å². The first-order valence-electron chi connectivity index (χ1n) is 4.41. The third kappa shape index (κ3) is 2.15. The summed E-state index contributed by atoms with van der Waals surface area (Å²) in [6.07, 6.45) is 0. The van der Waals surface area contributed by atoms with Crippen LogP contribution in [0.15, 0.2) is 11.0 Å². The first-order valence-corrected chi connectivity index (χ1v) is 6.27. The minimum atomic E-state index is -3.79. The largest absolute Gasteiger partial charge is 0.495 e. The number of nitrogens with one attached hydrogen (secondary N) is 1. The number of hydrogen-bond acceptors (Lipinski definition) is 4. The number of sulfonamides is 1. The fourth-order valence-electron chi connectivity index (χ4n) is 1.45. The number of aryl methyl sites for hydroxylation is 1. The third-order valence-electron chi connectivity index (χ3n) is 2.23. The van der Waals surface area contributed by atoms with Crippen molar-refractivity contribution >= 4 is 21.6 Å². The summed E-state index contributed by atoms with van der Waals surface area (Å²) < 4.78 is 28.4. The highest BCUT2D eigenvalue weighted by atomic mass is 35.5. The average molecular weight is 265 g/mol. The van der Waals surface area contributed by atoms with Gasteiger partial charge in [-0.2, -0.15) is 0 Å². The van der Waals surface area contributed by atoms with Crippen LogP contribution in [0.3, 0.4) is 0 Å². The van der Waals surface area contributed by atoms with Crippen molar-refractivity contribution in [1.29, 1.82) is 0 Å². The van der Waals surface area contributed by atoms with Gasteiger partial charge < -0.3 is 4.74 Å². The lowest BCUT2D eigenvalue weighted by Gasteiger charge is -2.14. The predicted molar refractivity (Wildman–Crippen MR) is 62.0 cm³/mol. The van der Waals surface area contributed by atoms with Gasteiger partial charge in [0.1, 0.15) is 10.6 Å². The van der Waals surface area contributed by atoms with Gasteiger partial charge in [0, 0.05) is 5.02 Å². The minimum absolute atomic E-state index is 0.0342. The smallest absolute Gasteiger partial charge is 0.257 e. The molecule has 90 valence electrons. The molecular weight excluding hydrogens is 252 g/mol. The molecule has 0 atom stereocenters. The van der Waals surface area contributed by atoms with Crippen LogP contribution in [0.2, 0.25) is 5.02 Å². The molecule has 7 heteroatoms. The van der Waals surface area contributed by atoms with Crippen molar-refractivity contribution in [3.63, 3.8) is 0 Å². The summed E-state index contributed by atoms with van der Waals surface area (Å²) in [5.41, 5.74) is 1.16. The van der Waals surface area contributed by atoms with E-state index in [4.69, 9.17) is 22.2 Å². The average Bonchev–Trinajstić information content (AvgIpc) is 2.24. The minimum Gasteiger partial charge on any atom is -0.495 e. The predicted octanol–water partition coefficient (Wildman–Crippen LogP) is 1.12. The number of hydrogen-bond donors (Lipinski definition) is 2. The van der Waals surface area contributed by atoms with Crippen molar-refractivity contribution in [2.45, 2.75) is 18.7 Å². The van der Waals surface area contributed by atoms with Crippen molar-refractivity contribution in [2.24, 2.45) is 5.84 Å². The number of hydrazine groups is 1. The van der Waals surface area contributed by atoms with Gasteiger partial charge in [0.25, 0.3) is 10.0 Å². The molecule has 0 saturated heterocycles. The van der Waals surface area contributed by atoms with Gasteiger partial charge in [-0.05, 0) is 31.0 Å². The highest BCUT2D eigenvalue weighted by molar-refractivity contribution is 7.89. The number of nitrogens with two attached hydrogens (primary N) is 1. The molecule has 1 aromatic carbocycles. The van der Waals surface area contributed by atoms with Crippen molar-refractivity contribution in [3.8, 4) is 5.75 Å². The Morgan fingerprint density at radius 1 is 1.44 bits per heavy atom. The lowest BCUT2D eigenvalue weighted by molar-refractivity contribution is 0.401. The Hall–Kier alpha value is -0.820. The number of halogens is 1. The summed E-state index contributed by atoms with van der Waals surface area (Å²) in [6.45, 7) is 3.37. The van der Waals surface area contributed by atoms with Crippen LogP contribution in [0.5, 0.6) is 5.75 Å². The Balaban J connectivity index is 3.67. The van der Waals surface area contributed by atoms with Gasteiger partial charge in [-0.25, -0.2) is 8.42 Å². The number of rotatable bonds is 3. The van der Waals surface area contributed by atoms with Crippen LogP contribution in [0, 0.1) is 13.8 Å². The molecule has 3 N–H and O–H groups in total. The van der Waals surface area contributed by atoms with Gasteiger partial charge in [-0.15, -0.1) is 4.83 Å². The maximum absolute atomic E-state index is 11.7. The zero-order valence-corrected chi connectivity index (χ0v) is 10.7. The van der Waals surface area contributed by atoms with Crippen LogP contribution < -0.4 is 15.4 Å². The summed E-state index contributed by atoms with van der Waals surface area (Å²) in [5.74, 6) is 5.20. The zero-order chi connectivity index (χ0) is 12.5. The Morgan fingerprint density at radius 2 is 2.00 bits per heavy atom. The van der Waals surface area contributed by atoms with Crippen LogP contribution in [0.4, 0.5) is 0 Å². The lowest BCUT2D eigenvalue weighted by atomic mass is 10.1. The molecule has 0 unspecified atom stereocenters. The monoisotopic (exact) mass is 264 g/mol. The van der Waals surface area contributed by atoms with E-state index in [1.165, 1.54) is 7.11 Å². The molecule has 0 radical (unpaired) electrons. The molecule has 0 fully saturated rings. The SMILES string of the molecule is COc1cc(C)c(Cl)c(C)c1S(=O)(=O)NN. The molecule has 5 nitrogen and oxygen atoms in total. The first kappa shape index (κ1) is 13.2. The summed E-state index contributed by atoms with van der Waals surface area (Å²) in [4.78, 5) is 1.72. The molecule has 0 saturated carbocycles. The summed E-state index contributed by atoms with van der Waals surface area (Å²) in [5, 5.41) is 0.384. The van der Waals surface area contributed by atoms with E-state index in [1.807, 2.05) is 0 Å². The van der Waals surface area contributed by atoms with E-state index >= 15 is 0 Å². The molecule has 0 bridgehead atoms. The van der Waals surface area contributed by atoms with Gasteiger partial charge in [0.05, 0.1) is 7.11 Å². The molecular formula is C9H13ClN2O3S. The Bertz CT molecular complexity index is 514. The van der Waals surface area contributed by atoms with Crippen LogP contribution >= 0.6 is 11.6 Å². The summed E-state index contributed by atoms with van der Waals surface area (Å²) in [7, 11) is -2.41. The summed E-state index contributed by atoms with van der Waals surface area (Å²) >= 11 is 5.99. The van der Waals surface area contributed by atoms with E-state index in [0.29, 0.717) is 10.6 Å². The van der Waals surface area contributed by atoms with Crippen LogP contribution in [0.1, 0.15) is 11.1 Å². The normalized spacial score (nSPS) is 11.6. The van der Waals surface area contributed by atoms with E-state index in [-0.39, 0.29) is 10.6 Å². The Morgan fingerprint density at radius 3 is 2.44 bits per heavy atom. The molecule has 0 aliphatic rings. The van der Waals surface area contributed by atoms with Crippen LogP contribution in [-0.4, -0.2) is 15.5 Å². The van der Waals surface area contributed by atoms with Gasteiger partial charge in [-0.1, -0.05) is 11.6 Å². The molecule has 0 heterocycles. The second-order valence-corrected chi connectivity index (χ2v) is 5.31. The van der Waals surface area contributed by atoms with Crippen LogP contribution in [-0.2, 0) is 10.0 Å². The second-order valence-electron chi connectivity index (χ2n) is 3.29. The topological polar surface area (TPSA) is 81.4 Å². The molecule has 0 spiro atoms. The van der Waals surface area contributed by atoms with E-state index in [2.05, 4.69) is 0 Å². The second kappa shape index (κ2) is 4.58. The molecule has 0 aliphatic carbocycles. The first-order chi connectivity index (χ1) is 7.35. The quantitative estimate of drug-likeness (QED) is 0.633. The zero-order valence-electron chi connectivity index (χ0n) is 9.17. The Labute approximate surface area is 99.6 Å². The highest BCUT2D eigenvalue weighted by Crippen LogP contribution is 2.34. The van der Waals surface area contributed by atoms with Gasteiger partial charge in [0.2, 0.25) is 0 Å². The van der Waals surface area contributed by atoms with Gasteiger partial charge in [-0.3, -0.25) is 5.84 Å². The molecule has 0 amide bonds.